The maximum absolute atomic E-state index is 9.14. The van der Waals surface area contributed by atoms with E-state index >= 15 is 0 Å². The molecule has 0 amide bonds. The number of hydrogen-bond donors (Lipinski definition) is 2. The van der Waals surface area contributed by atoms with Gasteiger partial charge in [0.2, 0.25) is 0 Å². The Bertz CT molecular complexity index is 273. The Balaban J connectivity index is 3.24. The number of halogens is 1. The van der Waals surface area contributed by atoms with E-state index in [2.05, 4.69) is 0 Å². The highest BCUT2D eigenvalue weighted by Gasteiger charge is 2.03. The standard InChI is InChI=1S/C8H10ClNO/c1-5-2-7(11)3-6(4-10)8(5)9/h2-3,11H,4,10H2,1H3. The van der Waals surface area contributed by atoms with Crippen molar-refractivity contribution in [1.29, 1.82) is 0 Å². The summed E-state index contributed by atoms with van der Waals surface area (Å²) < 4.78 is 0. The average Bonchev–Trinajstić information content (AvgIpc) is 1.96. The lowest BCUT2D eigenvalue weighted by atomic mass is 10.1. The fraction of sp³-hybridized carbons (Fsp3) is 0.250. The Morgan fingerprint density at radius 2 is 2.18 bits per heavy atom. The number of rotatable bonds is 1. The summed E-state index contributed by atoms with van der Waals surface area (Å²) in [4.78, 5) is 0. The second-order valence-electron chi connectivity index (χ2n) is 2.44. The second-order valence-corrected chi connectivity index (χ2v) is 2.82. The molecular formula is C8H10ClNO. The highest BCUT2D eigenvalue weighted by molar-refractivity contribution is 6.32. The van der Waals surface area contributed by atoms with Crippen LogP contribution in [0.15, 0.2) is 12.1 Å². The van der Waals surface area contributed by atoms with Gasteiger partial charge >= 0.3 is 0 Å². The highest BCUT2D eigenvalue weighted by Crippen LogP contribution is 2.25. The molecule has 3 heteroatoms. The third-order valence-electron chi connectivity index (χ3n) is 1.53. The minimum absolute atomic E-state index is 0.215. The minimum Gasteiger partial charge on any atom is -0.508 e. The van der Waals surface area contributed by atoms with Crippen molar-refractivity contribution in [2.24, 2.45) is 5.73 Å². The predicted octanol–water partition coefficient (Wildman–Crippen LogP) is 1.81. The van der Waals surface area contributed by atoms with E-state index in [1.165, 1.54) is 0 Å². The van der Waals surface area contributed by atoms with Crippen LogP contribution in [0.1, 0.15) is 11.1 Å². The first-order chi connectivity index (χ1) is 5.15. The van der Waals surface area contributed by atoms with E-state index in [9.17, 15) is 0 Å². The molecule has 0 aliphatic rings. The predicted molar refractivity (Wildman–Crippen MR) is 45.7 cm³/mol. The fourth-order valence-electron chi connectivity index (χ4n) is 0.971. The number of nitrogens with two attached hydrogens (primary N) is 1. The molecule has 1 aromatic rings. The third-order valence-corrected chi connectivity index (χ3v) is 2.08. The fourth-order valence-corrected chi connectivity index (χ4v) is 1.16. The summed E-state index contributed by atoms with van der Waals surface area (Å²) in [7, 11) is 0. The Morgan fingerprint density at radius 3 is 2.73 bits per heavy atom. The van der Waals surface area contributed by atoms with Gasteiger partial charge in [0.1, 0.15) is 5.75 Å². The normalized spacial score (nSPS) is 10.1. The first kappa shape index (κ1) is 8.37. The number of phenolic OH excluding ortho intramolecular Hbond substituents is 1. The van der Waals surface area contributed by atoms with Crippen molar-refractivity contribution >= 4 is 11.6 Å². The molecule has 11 heavy (non-hydrogen) atoms. The summed E-state index contributed by atoms with van der Waals surface area (Å²) in [6.45, 7) is 2.19. The van der Waals surface area contributed by atoms with Gasteiger partial charge in [0.15, 0.2) is 0 Å². The Hall–Kier alpha value is -0.730. The summed E-state index contributed by atoms with van der Waals surface area (Å²) in [5, 5.41) is 9.78. The van der Waals surface area contributed by atoms with Crippen molar-refractivity contribution in [2.45, 2.75) is 13.5 Å². The van der Waals surface area contributed by atoms with Crippen LogP contribution in [0.25, 0.3) is 0 Å². The Kier molecular flexibility index (Phi) is 2.37. The van der Waals surface area contributed by atoms with E-state index in [-0.39, 0.29) is 5.75 Å². The van der Waals surface area contributed by atoms with Crippen molar-refractivity contribution in [3.8, 4) is 5.75 Å². The number of hydrogen-bond acceptors (Lipinski definition) is 2. The molecular weight excluding hydrogens is 162 g/mol. The van der Waals surface area contributed by atoms with Crippen LogP contribution in [0, 0.1) is 6.92 Å². The largest absolute Gasteiger partial charge is 0.508 e. The van der Waals surface area contributed by atoms with Crippen molar-refractivity contribution in [1.82, 2.24) is 0 Å². The molecule has 0 spiro atoms. The van der Waals surface area contributed by atoms with Crippen LogP contribution in [-0.2, 0) is 6.54 Å². The molecule has 0 saturated carbocycles. The van der Waals surface area contributed by atoms with Gasteiger partial charge in [0.05, 0.1) is 0 Å². The van der Waals surface area contributed by atoms with Gasteiger partial charge in [-0.2, -0.15) is 0 Å². The first-order valence-corrected chi connectivity index (χ1v) is 3.71. The summed E-state index contributed by atoms with van der Waals surface area (Å²) in [6, 6.07) is 3.19. The zero-order valence-corrected chi connectivity index (χ0v) is 7.02. The van der Waals surface area contributed by atoms with Gasteiger partial charge in [-0.1, -0.05) is 11.6 Å². The number of aromatic hydroxyl groups is 1. The molecule has 0 aliphatic carbocycles. The summed E-state index contributed by atoms with van der Waals surface area (Å²) in [6.07, 6.45) is 0. The van der Waals surface area contributed by atoms with Gasteiger partial charge in [-0.25, -0.2) is 0 Å². The molecule has 0 bridgehead atoms. The maximum Gasteiger partial charge on any atom is 0.116 e. The molecule has 1 aromatic carbocycles. The molecule has 0 heterocycles. The molecule has 1 rings (SSSR count). The van der Waals surface area contributed by atoms with Crippen LogP contribution in [0.2, 0.25) is 5.02 Å². The SMILES string of the molecule is Cc1cc(O)cc(CN)c1Cl. The molecule has 0 atom stereocenters. The molecule has 0 radical (unpaired) electrons. The molecule has 2 nitrogen and oxygen atoms in total. The van der Waals surface area contributed by atoms with Crippen LogP contribution < -0.4 is 5.73 Å². The monoisotopic (exact) mass is 171 g/mol. The zero-order chi connectivity index (χ0) is 8.43. The lowest BCUT2D eigenvalue weighted by molar-refractivity contribution is 0.474. The van der Waals surface area contributed by atoms with Gasteiger partial charge in [-0.15, -0.1) is 0 Å². The summed E-state index contributed by atoms with van der Waals surface area (Å²) in [5.41, 5.74) is 7.03. The average molecular weight is 172 g/mol. The van der Waals surface area contributed by atoms with E-state index in [0.29, 0.717) is 11.6 Å². The highest BCUT2D eigenvalue weighted by atomic mass is 35.5. The molecule has 0 aliphatic heterocycles. The number of phenols is 1. The minimum atomic E-state index is 0.215. The first-order valence-electron chi connectivity index (χ1n) is 3.33. The van der Waals surface area contributed by atoms with Crippen molar-refractivity contribution in [2.75, 3.05) is 0 Å². The third kappa shape index (κ3) is 1.64. The van der Waals surface area contributed by atoms with E-state index in [4.69, 9.17) is 22.4 Å². The quantitative estimate of drug-likeness (QED) is 0.677. The maximum atomic E-state index is 9.14. The van der Waals surface area contributed by atoms with Crippen molar-refractivity contribution < 1.29 is 5.11 Å². The molecule has 3 N–H and O–H groups in total. The summed E-state index contributed by atoms with van der Waals surface area (Å²) >= 11 is 5.87. The lowest BCUT2D eigenvalue weighted by Crippen LogP contribution is -1.97. The van der Waals surface area contributed by atoms with Gasteiger partial charge in [0, 0.05) is 11.6 Å². The zero-order valence-electron chi connectivity index (χ0n) is 6.26. The summed E-state index contributed by atoms with van der Waals surface area (Å²) in [5.74, 6) is 0.215. The van der Waals surface area contributed by atoms with Crippen LogP contribution >= 0.6 is 11.6 Å². The van der Waals surface area contributed by atoms with Crippen LogP contribution in [0.5, 0.6) is 5.75 Å². The van der Waals surface area contributed by atoms with E-state index in [1.807, 2.05) is 6.92 Å². The van der Waals surface area contributed by atoms with Crippen LogP contribution in [0.4, 0.5) is 0 Å². The van der Waals surface area contributed by atoms with Gasteiger partial charge < -0.3 is 10.8 Å². The van der Waals surface area contributed by atoms with Gasteiger partial charge in [-0.05, 0) is 30.2 Å². The Morgan fingerprint density at radius 1 is 1.55 bits per heavy atom. The van der Waals surface area contributed by atoms with E-state index in [0.717, 1.165) is 11.1 Å². The van der Waals surface area contributed by atoms with Crippen LogP contribution in [-0.4, -0.2) is 5.11 Å². The van der Waals surface area contributed by atoms with E-state index in [1.54, 1.807) is 12.1 Å². The van der Waals surface area contributed by atoms with Crippen molar-refractivity contribution in [3.05, 3.63) is 28.3 Å². The molecule has 0 aromatic heterocycles. The molecule has 0 unspecified atom stereocenters. The smallest absolute Gasteiger partial charge is 0.116 e. The van der Waals surface area contributed by atoms with Gasteiger partial charge in [0.25, 0.3) is 0 Å². The number of aryl methyl sites for hydroxylation is 1. The topological polar surface area (TPSA) is 46.2 Å². The van der Waals surface area contributed by atoms with E-state index < -0.39 is 0 Å². The molecule has 0 fully saturated rings. The number of benzene rings is 1. The molecule has 0 saturated heterocycles. The van der Waals surface area contributed by atoms with Gasteiger partial charge in [-0.3, -0.25) is 0 Å². The molecule has 60 valence electrons. The van der Waals surface area contributed by atoms with Crippen molar-refractivity contribution in [3.63, 3.8) is 0 Å². The Labute approximate surface area is 70.6 Å². The lowest BCUT2D eigenvalue weighted by Gasteiger charge is -2.04. The van der Waals surface area contributed by atoms with Crippen LogP contribution in [0.3, 0.4) is 0 Å². The second kappa shape index (κ2) is 3.11.